The molecule has 2 aliphatic heterocycles. The fraction of sp³-hybridized carbons (Fsp3) is 0.500. The minimum absolute atomic E-state index is 0.0251. The summed E-state index contributed by atoms with van der Waals surface area (Å²) in [6, 6.07) is 12.3. The van der Waals surface area contributed by atoms with Crippen LogP contribution in [0.2, 0.25) is 0 Å². The zero-order valence-corrected chi connectivity index (χ0v) is 18.4. The van der Waals surface area contributed by atoms with E-state index >= 15 is 0 Å². The van der Waals surface area contributed by atoms with Crippen molar-refractivity contribution in [3.63, 3.8) is 0 Å². The lowest BCUT2D eigenvalue weighted by molar-refractivity contribution is -0.137. The molecule has 2 fully saturated rings. The lowest BCUT2D eigenvalue weighted by atomic mass is 9.94. The van der Waals surface area contributed by atoms with Gasteiger partial charge in [-0.2, -0.15) is 13.2 Å². The van der Waals surface area contributed by atoms with Crippen molar-refractivity contribution in [1.82, 2.24) is 15.2 Å². The standard InChI is InChI=1S/C24H29F3N4O2/c25-24(26,27)20-6-7-22(28-16-20)31-10-8-19(9-11-31)23(32)29-21(18-4-2-1-3-5-18)17-30-12-14-33-15-13-30/h1-7,16,19,21H,8-15,17H2,(H,29,32). The van der Waals surface area contributed by atoms with Gasteiger partial charge in [0.05, 0.1) is 24.8 Å². The molecule has 1 aromatic carbocycles. The molecule has 0 aliphatic carbocycles. The number of nitrogens with one attached hydrogen (secondary N) is 1. The highest BCUT2D eigenvalue weighted by Gasteiger charge is 2.32. The number of morpholine rings is 1. The number of carbonyl (C=O) groups is 1. The summed E-state index contributed by atoms with van der Waals surface area (Å²) in [5.41, 5.74) is 0.316. The van der Waals surface area contributed by atoms with Crippen LogP contribution in [0.25, 0.3) is 0 Å². The van der Waals surface area contributed by atoms with Gasteiger partial charge in [-0.3, -0.25) is 9.69 Å². The Morgan fingerprint density at radius 1 is 1.06 bits per heavy atom. The van der Waals surface area contributed by atoms with E-state index in [1.807, 2.05) is 35.2 Å². The van der Waals surface area contributed by atoms with E-state index in [2.05, 4.69) is 15.2 Å². The molecular weight excluding hydrogens is 433 g/mol. The molecule has 1 atom stereocenters. The van der Waals surface area contributed by atoms with Crippen molar-refractivity contribution < 1.29 is 22.7 Å². The molecule has 2 aliphatic rings. The lowest BCUT2D eigenvalue weighted by Gasteiger charge is -2.34. The van der Waals surface area contributed by atoms with Gasteiger partial charge in [0.15, 0.2) is 0 Å². The first-order valence-electron chi connectivity index (χ1n) is 11.3. The van der Waals surface area contributed by atoms with Gasteiger partial charge in [0.2, 0.25) is 5.91 Å². The Hall–Kier alpha value is -2.65. The number of benzene rings is 1. The lowest BCUT2D eigenvalue weighted by Crippen LogP contribution is -2.46. The monoisotopic (exact) mass is 462 g/mol. The van der Waals surface area contributed by atoms with Crippen molar-refractivity contribution >= 4 is 11.7 Å². The molecule has 178 valence electrons. The SMILES string of the molecule is O=C(NC(CN1CCOCC1)c1ccccc1)C1CCN(c2ccc(C(F)(F)F)cn2)CC1. The number of hydrogen-bond acceptors (Lipinski definition) is 5. The molecule has 4 rings (SSSR count). The smallest absolute Gasteiger partial charge is 0.379 e. The number of piperidine rings is 1. The molecule has 1 N–H and O–H groups in total. The van der Waals surface area contributed by atoms with Crippen LogP contribution in [-0.2, 0) is 15.7 Å². The van der Waals surface area contributed by atoms with Gasteiger partial charge in [-0.05, 0) is 30.5 Å². The van der Waals surface area contributed by atoms with E-state index in [4.69, 9.17) is 4.74 Å². The summed E-state index contributed by atoms with van der Waals surface area (Å²) in [5.74, 6) is 0.403. The maximum absolute atomic E-state index is 13.1. The van der Waals surface area contributed by atoms with Crippen LogP contribution in [0.4, 0.5) is 19.0 Å². The van der Waals surface area contributed by atoms with E-state index in [-0.39, 0.29) is 17.9 Å². The van der Waals surface area contributed by atoms with E-state index in [9.17, 15) is 18.0 Å². The number of pyridine rings is 1. The third-order valence-electron chi connectivity index (χ3n) is 6.33. The van der Waals surface area contributed by atoms with Crippen LogP contribution in [0.5, 0.6) is 0 Å². The third kappa shape index (κ3) is 6.23. The van der Waals surface area contributed by atoms with Crippen LogP contribution in [0, 0.1) is 5.92 Å². The van der Waals surface area contributed by atoms with Gasteiger partial charge in [0.1, 0.15) is 5.82 Å². The number of anilines is 1. The van der Waals surface area contributed by atoms with Crippen LogP contribution in [0.3, 0.4) is 0 Å². The number of amides is 1. The van der Waals surface area contributed by atoms with Crippen LogP contribution in [0.15, 0.2) is 48.7 Å². The average molecular weight is 463 g/mol. The summed E-state index contributed by atoms with van der Waals surface area (Å²) in [6.45, 7) is 4.98. The number of nitrogens with zero attached hydrogens (tertiary/aromatic N) is 3. The van der Waals surface area contributed by atoms with Crippen LogP contribution >= 0.6 is 0 Å². The molecule has 2 aromatic rings. The van der Waals surface area contributed by atoms with Crippen molar-refractivity contribution in [3.05, 3.63) is 59.8 Å². The minimum Gasteiger partial charge on any atom is -0.379 e. The Kier molecular flexibility index (Phi) is 7.49. The number of ether oxygens (including phenoxy) is 1. The molecule has 0 spiro atoms. The number of aromatic nitrogens is 1. The number of alkyl halides is 3. The fourth-order valence-corrected chi connectivity index (χ4v) is 4.36. The normalized spacial score (nSPS) is 19.3. The van der Waals surface area contributed by atoms with Crippen molar-refractivity contribution in [2.75, 3.05) is 50.8 Å². The number of carbonyl (C=O) groups excluding carboxylic acids is 1. The fourth-order valence-electron chi connectivity index (χ4n) is 4.36. The topological polar surface area (TPSA) is 57.7 Å². The zero-order valence-electron chi connectivity index (χ0n) is 18.4. The Labute approximate surface area is 191 Å². The predicted octanol–water partition coefficient (Wildman–Crippen LogP) is 3.51. The molecule has 1 unspecified atom stereocenters. The largest absolute Gasteiger partial charge is 0.417 e. The molecule has 1 aromatic heterocycles. The summed E-state index contributed by atoms with van der Waals surface area (Å²) >= 11 is 0. The summed E-state index contributed by atoms with van der Waals surface area (Å²) in [7, 11) is 0. The van der Waals surface area contributed by atoms with E-state index in [0.717, 1.165) is 37.5 Å². The molecule has 0 bridgehead atoms. The van der Waals surface area contributed by atoms with E-state index < -0.39 is 11.7 Å². The van der Waals surface area contributed by atoms with Gasteiger partial charge in [0.25, 0.3) is 0 Å². The Morgan fingerprint density at radius 3 is 2.36 bits per heavy atom. The summed E-state index contributed by atoms with van der Waals surface area (Å²) in [5, 5.41) is 3.25. The van der Waals surface area contributed by atoms with E-state index in [0.29, 0.717) is 45.0 Å². The average Bonchev–Trinajstić information content (AvgIpc) is 2.84. The maximum Gasteiger partial charge on any atom is 0.417 e. The molecule has 2 saturated heterocycles. The summed E-state index contributed by atoms with van der Waals surface area (Å²) in [6.07, 6.45) is -2.27. The van der Waals surface area contributed by atoms with E-state index in [1.165, 1.54) is 6.07 Å². The first-order chi connectivity index (χ1) is 15.9. The van der Waals surface area contributed by atoms with Gasteiger partial charge in [-0.15, -0.1) is 0 Å². The number of rotatable bonds is 6. The first-order valence-corrected chi connectivity index (χ1v) is 11.3. The van der Waals surface area contributed by atoms with Crippen LogP contribution in [0.1, 0.15) is 30.0 Å². The van der Waals surface area contributed by atoms with Crippen molar-refractivity contribution in [2.45, 2.75) is 25.1 Å². The van der Waals surface area contributed by atoms with Gasteiger partial charge in [-0.1, -0.05) is 30.3 Å². The van der Waals surface area contributed by atoms with Gasteiger partial charge < -0.3 is 15.0 Å². The Bertz CT molecular complexity index is 894. The highest BCUT2D eigenvalue weighted by Crippen LogP contribution is 2.30. The Balaban J connectivity index is 1.34. The molecule has 33 heavy (non-hydrogen) atoms. The molecule has 3 heterocycles. The molecular formula is C24H29F3N4O2. The van der Waals surface area contributed by atoms with Crippen molar-refractivity contribution in [2.24, 2.45) is 5.92 Å². The van der Waals surface area contributed by atoms with Crippen LogP contribution < -0.4 is 10.2 Å². The molecule has 0 saturated carbocycles. The molecule has 9 heteroatoms. The maximum atomic E-state index is 13.1. The minimum atomic E-state index is -4.40. The van der Waals surface area contributed by atoms with Gasteiger partial charge in [-0.25, -0.2) is 4.98 Å². The molecule has 1 amide bonds. The van der Waals surface area contributed by atoms with Crippen molar-refractivity contribution in [1.29, 1.82) is 0 Å². The molecule has 0 radical (unpaired) electrons. The Morgan fingerprint density at radius 2 is 1.76 bits per heavy atom. The predicted molar refractivity (Wildman–Crippen MR) is 119 cm³/mol. The van der Waals surface area contributed by atoms with Gasteiger partial charge in [0, 0.05) is 44.8 Å². The second-order valence-electron chi connectivity index (χ2n) is 8.55. The second kappa shape index (κ2) is 10.5. The highest BCUT2D eigenvalue weighted by atomic mass is 19.4. The molecule has 6 nitrogen and oxygen atoms in total. The van der Waals surface area contributed by atoms with Crippen molar-refractivity contribution in [3.8, 4) is 0 Å². The third-order valence-corrected chi connectivity index (χ3v) is 6.33. The van der Waals surface area contributed by atoms with Crippen LogP contribution in [-0.4, -0.2) is 61.7 Å². The zero-order chi connectivity index (χ0) is 23.3. The quantitative estimate of drug-likeness (QED) is 0.712. The van der Waals surface area contributed by atoms with E-state index in [1.54, 1.807) is 0 Å². The first kappa shape index (κ1) is 23.5. The number of halogens is 3. The highest BCUT2D eigenvalue weighted by molar-refractivity contribution is 5.79. The second-order valence-corrected chi connectivity index (χ2v) is 8.55. The summed E-state index contributed by atoms with van der Waals surface area (Å²) in [4.78, 5) is 21.3. The van der Waals surface area contributed by atoms with Gasteiger partial charge >= 0.3 is 6.18 Å². The number of hydrogen-bond donors (Lipinski definition) is 1. The summed E-state index contributed by atoms with van der Waals surface area (Å²) < 4.78 is 43.7.